The first-order valence-corrected chi connectivity index (χ1v) is 5.86. The fourth-order valence-electron chi connectivity index (χ4n) is 0.486. The smallest absolute Gasteiger partial charge is 0.176 e. The van der Waals surface area contributed by atoms with Gasteiger partial charge in [-0.3, -0.25) is 4.79 Å². The number of Topliss-reactive ketones (excluding diaryl/α,β-unsaturated/α-hetero) is 1. The van der Waals surface area contributed by atoms with E-state index in [1.165, 1.54) is 0 Å². The summed E-state index contributed by atoms with van der Waals surface area (Å²) in [5.74, 6) is -0.430. The van der Waals surface area contributed by atoms with Crippen molar-refractivity contribution in [2.75, 3.05) is 11.2 Å². The Morgan fingerprint density at radius 2 is 2.17 bits per heavy atom. The number of carbonyl (C=O) groups is 2. The highest BCUT2D eigenvalue weighted by Crippen LogP contribution is 2.23. The Balaban J connectivity index is 4.52. The molecule has 0 aliphatic rings. The van der Waals surface area contributed by atoms with Crippen molar-refractivity contribution >= 4 is 67.1 Å². The minimum absolute atomic E-state index is 0.00538. The van der Waals surface area contributed by atoms with E-state index in [2.05, 4.69) is 31.9 Å². The lowest BCUT2D eigenvalue weighted by Crippen LogP contribution is -2.41. The number of rotatable bonds is 5. The number of hydrogen-bond acceptors (Lipinski definition) is 2. The first-order valence-electron chi connectivity index (χ1n) is 2.97. The monoisotopic (exact) mass is 338 g/mol. The maximum atomic E-state index is 11.3. The molecule has 0 saturated carbocycles. The van der Waals surface area contributed by atoms with Crippen LogP contribution in [0.25, 0.3) is 0 Å². The van der Waals surface area contributed by atoms with Crippen molar-refractivity contribution in [2.24, 2.45) is 0 Å². The number of halogens is 4. The Hall–Kier alpha value is 0.880. The molecule has 2 unspecified atom stereocenters. The van der Waals surface area contributed by atoms with Crippen molar-refractivity contribution in [1.82, 2.24) is 0 Å². The van der Waals surface area contributed by atoms with E-state index in [0.29, 0.717) is 6.29 Å². The van der Waals surface area contributed by atoms with E-state index in [-0.39, 0.29) is 11.2 Å². The predicted octanol–water partition coefficient (Wildman–Crippen LogP) is 2.13. The molecule has 0 N–H and O–H groups in total. The zero-order chi connectivity index (χ0) is 9.78. The van der Waals surface area contributed by atoms with Crippen LogP contribution in [0.3, 0.4) is 0 Å². The molecule has 0 aliphatic heterocycles. The zero-order valence-electron chi connectivity index (χ0n) is 5.90. The number of aldehydes is 1. The molecular weight excluding hydrogens is 335 g/mol. The van der Waals surface area contributed by atoms with Gasteiger partial charge in [-0.15, -0.1) is 23.2 Å². The molecular formula is C6H6Br2Cl2O2. The van der Waals surface area contributed by atoms with Gasteiger partial charge in [-0.25, -0.2) is 0 Å². The number of carbonyl (C=O) groups excluding carboxylic acids is 2. The molecule has 0 heterocycles. The van der Waals surface area contributed by atoms with Gasteiger partial charge in [-0.1, -0.05) is 31.9 Å². The molecule has 0 aromatic rings. The lowest BCUT2D eigenvalue weighted by molar-refractivity contribution is -0.123. The molecule has 0 aromatic heterocycles. The van der Waals surface area contributed by atoms with Gasteiger partial charge in [0.05, 0.1) is 0 Å². The van der Waals surface area contributed by atoms with Gasteiger partial charge in [0.2, 0.25) is 0 Å². The highest BCUT2D eigenvalue weighted by Gasteiger charge is 2.37. The molecule has 0 aliphatic carbocycles. The predicted molar refractivity (Wildman–Crippen MR) is 56.9 cm³/mol. The number of alkyl halides is 4. The molecule has 12 heavy (non-hydrogen) atoms. The summed E-state index contributed by atoms with van der Waals surface area (Å²) >= 11 is 16.9. The van der Waals surface area contributed by atoms with Crippen LogP contribution in [0, 0.1) is 0 Å². The molecule has 0 spiro atoms. The van der Waals surface area contributed by atoms with Crippen LogP contribution in [-0.4, -0.2) is 33.0 Å². The molecule has 2 atom stereocenters. The summed E-state index contributed by atoms with van der Waals surface area (Å²) in [5, 5.41) is -0.656. The van der Waals surface area contributed by atoms with E-state index in [4.69, 9.17) is 23.2 Å². The van der Waals surface area contributed by atoms with Gasteiger partial charge in [0.25, 0.3) is 0 Å². The maximum absolute atomic E-state index is 11.3. The fourth-order valence-corrected chi connectivity index (χ4v) is 1.64. The van der Waals surface area contributed by atoms with E-state index in [0.717, 1.165) is 0 Å². The van der Waals surface area contributed by atoms with Crippen LogP contribution >= 0.6 is 55.1 Å². The third kappa shape index (κ3) is 2.98. The summed E-state index contributed by atoms with van der Waals surface area (Å²) in [6.45, 7) is 0. The van der Waals surface area contributed by atoms with Crippen LogP contribution in [0.1, 0.15) is 0 Å². The molecule has 0 bridgehead atoms. The fraction of sp³-hybridized carbons (Fsp3) is 0.667. The summed E-state index contributed by atoms with van der Waals surface area (Å²) in [7, 11) is 0. The van der Waals surface area contributed by atoms with Crippen molar-refractivity contribution < 1.29 is 9.59 Å². The average Bonchev–Trinajstić information content (AvgIpc) is 2.14. The van der Waals surface area contributed by atoms with Gasteiger partial charge >= 0.3 is 0 Å². The third-order valence-electron chi connectivity index (χ3n) is 1.21. The Morgan fingerprint density at radius 3 is 2.42 bits per heavy atom. The van der Waals surface area contributed by atoms with Crippen molar-refractivity contribution in [1.29, 1.82) is 0 Å². The molecule has 6 heteroatoms. The van der Waals surface area contributed by atoms with E-state index in [9.17, 15) is 9.59 Å². The quantitative estimate of drug-likeness (QED) is 0.436. The van der Waals surface area contributed by atoms with Crippen LogP contribution in [0.4, 0.5) is 0 Å². The maximum Gasteiger partial charge on any atom is 0.176 e. The summed E-state index contributed by atoms with van der Waals surface area (Å²) in [6.07, 6.45) is 0.506. The van der Waals surface area contributed by atoms with Crippen molar-refractivity contribution in [3.8, 4) is 0 Å². The number of hydrogen-bond donors (Lipinski definition) is 0. The summed E-state index contributed by atoms with van der Waals surface area (Å²) in [6, 6.07) is 0. The molecule has 0 radical (unpaired) electrons. The van der Waals surface area contributed by atoms with Gasteiger partial charge in [0.1, 0.15) is 11.7 Å². The SMILES string of the molecule is O=CC(Br)(CBr)C(=O)C(Cl)CCl. The van der Waals surface area contributed by atoms with Crippen molar-refractivity contribution in [3.05, 3.63) is 0 Å². The second-order valence-corrected chi connectivity index (χ2v) is 4.91. The Bertz CT molecular complexity index is 188. The van der Waals surface area contributed by atoms with Crippen molar-refractivity contribution in [2.45, 2.75) is 9.70 Å². The van der Waals surface area contributed by atoms with E-state index in [1.54, 1.807) is 0 Å². The first kappa shape index (κ1) is 12.9. The highest BCUT2D eigenvalue weighted by atomic mass is 79.9. The number of ketones is 1. The Morgan fingerprint density at radius 1 is 1.67 bits per heavy atom. The summed E-state index contributed by atoms with van der Waals surface area (Å²) < 4.78 is -1.24. The second kappa shape index (κ2) is 5.58. The molecule has 0 saturated heterocycles. The van der Waals surface area contributed by atoms with Gasteiger partial charge in [-0.05, 0) is 0 Å². The van der Waals surface area contributed by atoms with Gasteiger partial charge < -0.3 is 4.79 Å². The summed E-state index contributed by atoms with van der Waals surface area (Å²) in [4.78, 5) is 21.9. The average molecular weight is 341 g/mol. The molecule has 70 valence electrons. The molecule has 0 rings (SSSR count). The minimum Gasteiger partial charge on any atom is -0.301 e. The Labute approximate surface area is 97.2 Å². The molecule has 0 amide bonds. The molecule has 0 aromatic carbocycles. The van der Waals surface area contributed by atoms with E-state index < -0.39 is 15.5 Å². The van der Waals surface area contributed by atoms with Crippen LogP contribution in [0.15, 0.2) is 0 Å². The molecule has 2 nitrogen and oxygen atoms in total. The minimum atomic E-state index is -1.24. The third-order valence-corrected chi connectivity index (χ3v) is 4.52. The van der Waals surface area contributed by atoms with Crippen LogP contribution in [0.5, 0.6) is 0 Å². The summed E-state index contributed by atoms with van der Waals surface area (Å²) in [5.41, 5.74) is 0. The standard InChI is InChI=1S/C6H6Br2Cl2O2/c7-2-6(8,3-11)5(12)4(10)1-9/h3-4H,1-2H2. The van der Waals surface area contributed by atoms with Crippen LogP contribution < -0.4 is 0 Å². The van der Waals surface area contributed by atoms with Crippen LogP contribution in [0.2, 0.25) is 0 Å². The topological polar surface area (TPSA) is 34.1 Å². The normalized spacial score (nSPS) is 18.0. The van der Waals surface area contributed by atoms with E-state index >= 15 is 0 Å². The largest absolute Gasteiger partial charge is 0.301 e. The second-order valence-electron chi connectivity index (χ2n) is 2.10. The molecule has 0 fully saturated rings. The lowest BCUT2D eigenvalue weighted by atomic mass is 10.1. The Kier molecular flexibility index (Phi) is 5.99. The lowest BCUT2D eigenvalue weighted by Gasteiger charge is -2.18. The van der Waals surface area contributed by atoms with Crippen molar-refractivity contribution in [3.63, 3.8) is 0 Å². The van der Waals surface area contributed by atoms with E-state index in [1.807, 2.05) is 0 Å². The van der Waals surface area contributed by atoms with Gasteiger partial charge in [0.15, 0.2) is 10.1 Å². The van der Waals surface area contributed by atoms with Crippen LogP contribution in [-0.2, 0) is 9.59 Å². The zero-order valence-corrected chi connectivity index (χ0v) is 10.6. The van der Waals surface area contributed by atoms with Gasteiger partial charge in [-0.2, -0.15) is 0 Å². The first-order chi connectivity index (χ1) is 5.51. The highest BCUT2D eigenvalue weighted by molar-refractivity contribution is 9.12. The van der Waals surface area contributed by atoms with Gasteiger partial charge in [0, 0.05) is 11.2 Å².